The number of nitrogens with two attached hydrogens (primary N) is 1. The topological polar surface area (TPSA) is 67.7 Å². The summed E-state index contributed by atoms with van der Waals surface area (Å²) in [5.74, 6) is 0.133. The van der Waals surface area contributed by atoms with Crippen LogP contribution in [0.15, 0.2) is 42.9 Å². The van der Waals surface area contributed by atoms with Crippen LogP contribution >= 0.6 is 0 Å². The monoisotopic (exact) mass is 200 g/mol. The number of benzene rings is 1. The van der Waals surface area contributed by atoms with Crippen LogP contribution in [0.25, 0.3) is 5.69 Å². The number of amidine groups is 1. The largest absolute Gasteiger partial charge is 0.387 e. The highest BCUT2D eigenvalue weighted by Crippen LogP contribution is 2.07. The smallest absolute Gasteiger partial charge is 0.0995 e. The summed E-state index contributed by atoms with van der Waals surface area (Å²) in [6.07, 6.45) is 4.02. The average molecular weight is 200 g/mol. The molecule has 0 unspecified atom stereocenters. The molecule has 0 saturated carbocycles. The summed E-state index contributed by atoms with van der Waals surface area (Å²) >= 11 is 0. The van der Waals surface area contributed by atoms with Crippen molar-refractivity contribution in [2.75, 3.05) is 0 Å². The molecule has 0 saturated heterocycles. The van der Waals surface area contributed by atoms with Crippen molar-refractivity contribution in [1.29, 1.82) is 5.41 Å². The van der Waals surface area contributed by atoms with Gasteiger partial charge in [0.05, 0.1) is 17.9 Å². The highest BCUT2D eigenvalue weighted by Gasteiger charge is 2.01. The van der Waals surface area contributed by atoms with Crippen molar-refractivity contribution in [1.82, 2.24) is 9.55 Å². The number of aromatic nitrogens is 2. The maximum atomic E-state index is 7.17. The molecule has 4 heteroatoms. The van der Waals surface area contributed by atoms with Gasteiger partial charge in [-0.05, 0) is 12.1 Å². The molecule has 0 aliphatic heterocycles. The van der Waals surface area contributed by atoms with Crippen LogP contribution in [0.5, 0.6) is 0 Å². The van der Waals surface area contributed by atoms with Gasteiger partial charge in [0, 0.05) is 18.3 Å². The molecule has 0 bridgehead atoms. The molecule has 1 aromatic heterocycles. The number of hydrogen-bond donors (Lipinski definition) is 2. The van der Waals surface area contributed by atoms with E-state index in [9.17, 15) is 0 Å². The van der Waals surface area contributed by atoms with Gasteiger partial charge >= 0.3 is 0 Å². The molecule has 4 nitrogen and oxygen atoms in total. The summed E-state index contributed by atoms with van der Waals surface area (Å²) in [5.41, 5.74) is 7.17. The van der Waals surface area contributed by atoms with Gasteiger partial charge in [0.1, 0.15) is 0 Å². The first-order chi connectivity index (χ1) is 7.25. The predicted octanol–water partition coefficient (Wildman–Crippen LogP) is 1.35. The van der Waals surface area contributed by atoms with E-state index in [1.54, 1.807) is 6.33 Å². The van der Waals surface area contributed by atoms with Crippen molar-refractivity contribution >= 4 is 5.84 Å². The Morgan fingerprint density at radius 1 is 1.33 bits per heavy atom. The third-order valence-electron chi connectivity index (χ3n) is 2.06. The Kier molecular flexibility index (Phi) is 2.49. The third-order valence-corrected chi connectivity index (χ3v) is 2.06. The van der Waals surface area contributed by atoms with E-state index in [-0.39, 0.29) is 5.84 Å². The molecular weight excluding hydrogens is 188 g/mol. The van der Waals surface area contributed by atoms with Crippen LogP contribution in [0.3, 0.4) is 0 Å². The Balaban J connectivity index is 2.24. The van der Waals surface area contributed by atoms with Crippen LogP contribution in [0, 0.1) is 5.41 Å². The molecule has 0 spiro atoms. The molecule has 76 valence electrons. The number of nitrogens with zero attached hydrogens (tertiary/aromatic N) is 2. The molecule has 1 heterocycles. The second-order valence-corrected chi connectivity index (χ2v) is 3.31. The van der Waals surface area contributed by atoms with E-state index in [1.807, 2.05) is 41.1 Å². The summed E-state index contributed by atoms with van der Waals surface area (Å²) in [5, 5.41) is 7.17. The van der Waals surface area contributed by atoms with Gasteiger partial charge in [-0.25, -0.2) is 4.98 Å². The lowest BCUT2D eigenvalue weighted by Gasteiger charge is -1.99. The molecule has 2 rings (SSSR count). The van der Waals surface area contributed by atoms with Crippen molar-refractivity contribution < 1.29 is 0 Å². The molecule has 3 N–H and O–H groups in total. The zero-order valence-corrected chi connectivity index (χ0v) is 8.22. The van der Waals surface area contributed by atoms with Gasteiger partial charge in [-0.3, -0.25) is 5.41 Å². The van der Waals surface area contributed by atoms with Crippen LogP contribution in [0.4, 0.5) is 0 Å². The van der Waals surface area contributed by atoms with Crippen LogP contribution in [-0.4, -0.2) is 15.4 Å². The van der Waals surface area contributed by atoms with Gasteiger partial charge in [-0.15, -0.1) is 0 Å². The molecule has 0 atom stereocenters. The van der Waals surface area contributed by atoms with E-state index < -0.39 is 0 Å². The minimum absolute atomic E-state index is 0.133. The second kappa shape index (κ2) is 3.96. The average Bonchev–Trinajstić information content (AvgIpc) is 2.67. The van der Waals surface area contributed by atoms with Crippen molar-refractivity contribution in [3.8, 4) is 5.69 Å². The molecule has 0 aliphatic rings. The van der Waals surface area contributed by atoms with Gasteiger partial charge in [-0.1, -0.05) is 18.2 Å². The normalized spacial score (nSPS) is 10.1. The van der Waals surface area contributed by atoms with E-state index in [0.717, 1.165) is 11.4 Å². The fourth-order valence-electron chi connectivity index (χ4n) is 1.39. The lowest BCUT2D eigenvalue weighted by molar-refractivity contribution is 1.06. The lowest BCUT2D eigenvalue weighted by Crippen LogP contribution is -2.12. The Morgan fingerprint density at radius 3 is 2.73 bits per heavy atom. The van der Waals surface area contributed by atoms with Gasteiger partial charge in [0.15, 0.2) is 0 Å². The number of para-hydroxylation sites is 1. The molecule has 0 fully saturated rings. The summed E-state index contributed by atoms with van der Waals surface area (Å²) in [7, 11) is 0. The molecule has 0 radical (unpaired) electrons. The highest BCUT2D eigenvalue weighted by atomic mass is 15.0. The predicted molar refractivity (Wildman–Crippen MR) is 59.2 cm³/mol. The van der Waals surface area contributed by atoms with E-state index in [0.29, 0.717) is 6.42 Å². The van der Waals surface area contributed by atoms with Gasteiger partial charge < -0.3 is 10.3 Å². The van der Waals surface area contributed by atoms with Gasteiger partial charge in [0.2, 0.25) is 0 Å². The van der Waals surface area contributed by atoms with Crippen LogP contribution in [0.1, 0.15) is 5.69 Å². The molecular formula is C11H12N4. The van der Waals surface area contributed by atoms with Gasteiger partial charge in [0.25, 0.3) is 0 Å². The first-order valence-corrected chi connectivity index (χ1v) is 4.67. The molecule has 15 heavy (non-hydrogen) atoms. The zero-order chi connectivity index (χ0) is 10.7. The molecule has 0 amide bonds. The van der Waals surface area contributed by atoms with Crippen LogP contribution < -0.4 is 5.73 Å². The molecule has 2 aromatic rings. The summed E-state index contributed by atoms with van der Waals surface area (Å²) in [6.45, 7) is 0. The Hall–Kier alpha value is -2.10. The van der Waals surface area contributed by atoms with E-state index in [1.165, 1.54) is 0 Å². The van der Waals surface area contributed by atoms with Crippen LogP contribution in [-0.2, 0) is 6.42 Å². The Morgan fingerprint density at radius 2 is 2.07 bits per heavy atom. The minimum atomic E-state index is 0.133. The van der Waals surface area contributed by atoms with E-state index >= 15 is 0 Å². The van der Waals surface area contributed by atoms with E-state index in [4.69, 9.17) is 11.1 Å². The van der Waals surface area contributed by atoms with Crippen LogP contribution in [0.2, 0.25) is 0 Å². The fraction of sp³-hybridized carbons (Fsp3) is 0.0909. The quantitative estimate of drug-likeness (QED) is 0.580. The first-order valence-electron chi connectivity index (χ1n) is 4.67. The second-order valence-electron chi connectivity index (χ2n) is 3.31. The Bertz CT molecular complexity index is 458. The third kappa shape index (κ3) is 2.22. The minimum Gasteiger partial charge on any atom is -0.387 e. The SMILES string of the molecule is N=C(N)Cc1cn(-c2ccccc2)cn1. The highest BCUT2D eigenvalue weighted by molar-refractivity contribution is 5.78. The lowest BCUT2D eigenvalue weighted by atomic mass is 10.3. The van der Waals surface area contributed by atoms with Crippen molar-refractivity contribution in [3.63, 3.8) is 0 Å². The fourth-order valence-corrected chi connectivity index (χ4v) is 1.39. The Labute approximate surface area is 87.9 Å². The summed E-state index contributed by atoms with van der Waals surface area (Å²) < 4.78 is 1.91. The van der Waals surface area contributed by atoms with Crippen molar-refractivity contribution in [3.05, 3.63) is 48.5 Å². The number of rotatable bonds is 3. The number of nitrogens with one attached hydrogen (secondary N) is 1. The number of hydrogen-bond acceptors (Lipinski definition) is 2. The first kappa shape index (κ1) is 9.45. The van der Waals surface area contributed by atoms with E-state index in [2.05, 4.69) is 4.98 Å². The number of imidazole rings is 1. The zero-order valence-electron chi connectivity index (χ0n) is 8.22. The molecule has 0 aliphatic carbocycles. The maximum Gasteiger partial charge on any atom is 0.0995 e. The van der Waals surface area contributed by atoms with Crippen molar-refractivity contribution in [2.24, 2.45) is 5.73 Å². The summed E-state index contributed by atoms with van der Waals surface area (Å²) in [4.78, 5) is 4.17. The van der Waals surface area contributed by atoms with Gasteiger partial charge in [-0.2, -0.15) is 0 Å². The summed E-state index contributed by atoms with van der Waals surface area (Å²) in [6, 6.07) is 9.91. The standard InChI is InChI=1S/C11H12N4/c12-11(13)6-9-7-15(8-14-9)10-4-2-1-3-5-10/h1-5,7-8H,6H2,(H3,12,13). The van der Waals surface area contributed by atoms with Crippen molar-refractivity contribution in [2.45, 2.75) is 6.42 Å². The molecule has 1 aromatic carbocycles. The maximum absolute atomic E-state index is 7.17.